The van der Waals surface area contributed by atoms with Crippen LogP contribution in [0.5, 0.6) is 0 Å². The van der Waals surface area contributed by atoms with E-state index in [4.69, 9.17) is 19.3 Å². The molecule has 0 aliphatic carbocycles. The lowest BCUT2D eigenvalue weighted by atomic mass is 10.2. The zero-order valence-corrected chi connectivity index (χ0v) is 23.5. The normalized spacial score (nSPS) is 10.1. The van der Waals surface area contributed by atoms with Gasteiger partial charge in [-0.2, -0.15) is 0 Å². The Morgan fingerprint density at radius 1 is 0.829 bits per heavy atom. The molecule has 0 unspecified atom stereocenters. The molecule has 0 heterocycles. The van der Waals surface area contributed by atoms with Gasteiger partial charge in [-0.15, -0.1) is 0 Å². The number of ether oxygens (including phenoxy) is 4. The molecule has 0 radical (unpaired) electrons. The molecule has 0 atom stereocenters. The zero-order chi connectivity index (χ0) is 27.3. The van der Waals surface area contributed by atoms with Crippen LogP contribution in [0.2, 0.25) is 0 Å². The van der Waals surface area contributed by atoms with Crippen LogP contribution in [-0.2, 0) is 18.9 Å². The average Bonchev–Trinajstić information content (AvgIpc) is 2.83. The highest BCUT2D eigenvalue weighted by molar-refractivity contribution is 14.1. The summed E-state index contributed by atoms with van der Waals surface area (Å²) >= 11 is 3.62. The van der Waals surface area contributed by atoms with E-state index in [1.807, 2.05) is 22.6 Å². The molecule has 0 aliphatic heterocycles. The van der Waals surface area contributed by atoms with Gasteiger partial charge in [-0.3, -0.25) is 20.2 Å². The maximum absolute atomic E-state index is 11.1. The summed E-state index contributed by atoms with van der Waals surface area (Å²) in [6.45, 7) is 1.69. The monoisotopic (exact) mass is 720 g/mol. The third-order valence-corrected chi connectivity index (χ3v) is 5.89. The number of nitro benzene ring substituents is 2. The van der Waals surface area contributed by atoms with E-state index in [9.17, 15) is 29.8 Å². The number of esters is 1. The number of methoxy groups -OCH3 is 4. The second-order valence-corrected chi connectivity index (χ2v) is 8.44. The second-order valence-electron chi connectivity index (χ2n) is 6.12. The number of hydrogen-bond donors (Lipinski definition) is 1. The molecule has 0 spiro atoms. The molecule has 0 bridgehead atoms. The molecule has 192 valence electrons. The van der Waals surface area contributed by atoms with Crippen molar-refractivity contribution in [3.63, 3.8) is 0 Å². The number of carboxylic acid groups (broad SMARTS) is 1. The smallest absolute Gasteiger partial charge is 0.338 e. The molecule has 2 aromatic carbocycles. The van der Waals surface area contributed by atoms with Crippen molar-refractivity contribution in [3.05, 3.63) is 74.9 Å². The Balaban J connectivity index is 0.000000516. The maximum atomic E-state index is 11.1. The summed E-state index contributed by atoms with van der Waals surface area (Å²) in [7, 11) is 5.79. The largest absolute Gasteiger partial charge is 0.478 e. The van der Waals surface area contributed by atoms with Crippen molar-refractivity contribution in [2.24, 2.45) is 0 Å². The molecule has 15 heteroatoms. The SMILES string of the molecule is COC(=O)c1ccc(I)c([N+](=O)[O-])c1.COC(C)(OC)OC.O=C(O)c1ccc(I)c([N+](=O)[O-])c1. The summed E-state index contributed by atoms with van der Waals surface area (Å²) in [4.78, 5) is 41.3. The van der Waals surface area contributed by atoms with Gasteiger partial charge in [0, 0.05) is 40.4 Å². The van der Waals surface area contributed by atoms with Crippen molar-refractivity contribution in [1.82, 2.24) is 0 Å². The number of carboxylic acids is 1. The number of halogens is 2. The van der Waals surface area contributed by atoms with Crippen LogP contribution < -0.4 is 0 Å². The Kier molecular flexibility index (Phi) is 14.4. The van der Waals surface area contributed by atoms with Crippen LogP contribution >= 0.6 is 45.2 Å². The summed E-state index contributed by atoms with van der Waals surface area (Å²) in [5.74, 6) is -2.62. The van der Waals surface area contributed by atoms with E-state index in [0.717, 1.165) is 6.07 Å². The lowest BCUT2D eigenvalue weighted by molar-refractivity contribution is -0.386. The van der Waals surface area contributed by atoms with Gasteiger partial charge in [0.2, 0.25) is 0 Å². The van der Waals surface area contributed by atoms with Crippen LogP contribution in [-0.4, -0.2) is 61.3 Å². The first-order valence-corrected chi connectivity index (χ1v) is 11.3. The summed E-state index contributed by atoms with van der Waals surface area (Å²) in [5, 5.41) is 29.5. The maximum Gasteiger partial charge on any atom is 0.338 e. The minimum absolute atomic E-state index is 0.0767. The van der Waals surface area contributed by atoms with Gasteiger partial charge in [-0.1, -0.05) is 0 Å². The van der Waals surface area contributed by atoms with Gasteiger partial charge in [0.15, 0.2) is 0 Å². The molecular weight excluding hydrogens is 698 g/mol. The van der Waals surface area contributed by atoms with Crippen LogP contribution in [0, 0.1) is 27.4 Å². The number of carbonyl (C=O) groups excluding carboxylic acids is 1. The predicted molar refractivity (Wildman–Crippen MR) is 139 cm³/mol. The minimum atomic E-state index is -1.17. The summed E-state index contributed by atoms with van der Waals surface area (Å²) in [6, 6.07) is 7.97. The number of hydrogen-bond acceptors (Lipinski definition) is 10. The van der Waals surface area contributed by atoms with Crippen molar-refractivity contribution in [1.29, 1.82) is 0 Å². The van der Waals surface area contributed by atoms with Gasteiger partial charge < -0.3 is 24.1 Å². The molecule has 1 N–H and O–H groups in total. The number of carbonyl (C=O) groups is 2. The van der Waals surface area contributed by atoms with Crippen molar-refractivity contribution >= 4 is 68.5 Å². The summed E-state index contributed by atoms with van der Waals surface area (Å²) in [5.41, 5.74) is -0.166. The molecule has 0 saturated heterocycles. The first-order chi connectivity index (χ1) is 16.3. The van der Waals surface area contributed by atoms with Crippen molar-refractivity contribution < 1.29 is 43.5 Å². The van der Waals surface area contributed by atoms with Gasteiger partial charge >= 0.3 is 11.9 Å². The lowest BCUT2D eigenvalue weighted by Crippen LogP contribution is -2.31. The fraction of sp³-hybridized carbons (Fsp3) is 0.300. The lowest BCUT2D eigenvalue weighted by Gasteiger charge is -2.23. The highest BCUT2D eigenvalue weighted by Crippen LogP contribution is 2.23. The van der Waals surface area contributed by atoms with Gasteiger partial charge in [-0.05, 0) is 69.4 Å². The molecule has 2 aromatic rings. The second kappa shape index (κ2) is 15.5. The van der Waals surface area contributed by atoms with Gasteiger partial charge in [0.1, 0.15) is 0 Å². The molecule has 13 nitrogen and oxygen atoms in total. The fourth-order valence-electron chi connectivity index (χ4n) is 1.93. The summed E-state index contributed by atoms with van der Waals surface area (Å²) < 4.78 is 19.7. The van der Waals surface area contributed by atoms with E-state index >= 15 is 0 Å². The van der Waals surface area contributed by atoms with Crippen LogP contribution in [0.15, 0.2) is 36.4 Å². The highest BCUT2D eigenvalue weighted by Gasteiger charge is 2.20. The van der Waals surface area contributed by atoms with E-state index in [1.54, 1.807) is 29.5 Å². The highest BCUT2D eigenvalue weighted by atomic mass is 127. The van der Waals surface area contributed by atoms with Crippen LogP contribution in [0.3, 0.4) is 0 Å². The summed E-state index contributed by atoms with van der Waals surface area (Å²) in [6.07, 6.45) is 0. The number of aromatic carboxylic acids is 1. The third kappa shape index (κ3) is 10.8. The fourth-order valence-corrected chi connectivity index (χ4v) is 3.00. The molecule has 0 amide bonds. The van der Waals surface area contributed by atoms with E-state index in [2.05, 4.69) is 4.74 Å². The molecule has 0 saturated carbocycles. The van der Waals surface area contributed by atoms with E-state index in [1.165, 1.54) is 58.8 Å². The molecule has 0 aliphatic rings. The third-order valence-electron chi connectivity index (χ3n) is 4.07. The first kappa shape index (κ1) is 32.5. The average molecular weight is 720 g/mol. The van der Waals surface area contributed by atoms with Crippen molar-refractivity contribution in [3.8, 4) is 0 Å². The van der Waals surface area contributed by atoms with E-state index < -0.39 is 27.8 Å². The van der Waals surface area contributed by atoms with Crippen LogP contribution in [0.1, 0.15) is 27.6 Å². The topological polar surface area (TPSA) is 178 Å². The van der Waals surface area contributed by atoms with Gasteiger partial charge in [-0.25, -0.2) is 9.59 Å². The molecule has 35 heavy (non-hydrogen) atoms. The molecule has 2 rings (SSSR count). The minimum Gasteiger partial charge on any atom is -0.478 e. The Labute approximate surface area is 227 Å². The number of nitrogens with zero attached hydrogens (tertiary/aromatic N) is 2. The molecular formula is C20H22I2N2O11. The van der Waals surface area contributed by atoms with Crippen molar-refractivity contribution in [2.75, 3.05) is 28.4 Å². The number of benzene rings is 2. The molecule has 0 aromatic heterocycles. The Morgan fingerprint density at radius 2 is 1.20 bits per heavy atom. The number of rotatable bonds is 7. The Morgan fingerprint density at radius 3 is 1.49 bits per heavy atom. The van der Waals surface area contributed by atoms with Crippen LogP contribution in [0.25, 0.3) is 0 Å². The Bertz CT molecular complexity index is 1050. The van der Waals surface area contributed by atoms with Crippen LogP contribution in [0.4, 0.5) is 11.4 Å². The predicted octanol–water partition coefficient (Wildman–Crippen LogP) is 4.48. The zero-order valence-electron chi connectivity index (χ0n) is 19.1. The molecule has 0 fully saturated rings. The number of nitro groups is 2. The van der Waals surface area contributed by atoms with E-state index in [-0.39, 0.29) is 22.5 Å². The first-order valence-electron chi connectivity index (χ1n) is 9.11. The quantitative estimate of drug-likeness (QED) is 0.140. The Hall–Kier alpha value is -2.48. The van der Waals surface area contributed by atoms with Crippen molar-refractivity contribution in [2.45, 2.75) is 12.9 Å². The standard InChI is InChI=1S/C8H6INO4.C7H4INO4.C5H12O3/c1-14-8(11)5-2-3-6(9)7(4-5)10(12)13;8-5-2-1-4(7(10)11)3-6(5)9(12)13;1-5(6-2,7-3)8-4/h2-4H,1H3;1-3H,(H,10,11);1-4H3. The van der Waals surface area contributed by atoms with E-state index in [0.29, 0.717) is 7.14 Å². The van der Waals surface area contributed by atoms with Gasteiger partial charge in [0.05, 0.1) is 35.2 Å². The van der Waals surface area contributed by atoms with Gasteiger partial charge in [0.25, 0.3) is 17.3 Å².